The van der Waals surface area contributed by atoms with Crippen LogP contribution in [0.2, 0.25) is 0 Å². The maximum Gasteiger partial charge on any atom is 0.418 e. The summed E-state index contributed by atoms with van der Waals surface area (Å²) in [4.78, 5) is 0. The largest absolute Gasteiger partial charge is 0.497 e. The summed E-state index contributed by atoms with van der Waals surface area (Å²) in [5.41, 5.74) is -0.521. The van der Waals surface area contributed by atoms with Crippen LogP contribution in [0.1, 0.15) is 38.2 Å². The Balaban J connectivity index is 2.08. The second kappa shape index (κ2) is 6.58. The van der Waals surface area contributed by atoms with Crippen molar-refractivity contribution in [3.63, 3.8) is 0 Å². The van der Waals surface area contributed by atoms with E-state index in [1.165, 1.54) is 26.0 Å². The van der Waals surface area contributed by atoms with Crippen molar-refractivity contribution in [2.24, 2.45) is 11.8 Å². The van der Waals surface area contributed by atoms with E-state index in [9.17, 15) is 13.2 Å². The van der Waals surface area contributed by atoms with Crippen LogP contribution in [0, 0.1) is 11.8 Å². The van der Waals surface area contributed by atoms with E-state index in [2.05, 4.69) is 12.2 Å². The molecule has 0 spiro atoms. The fraction of sp³-hybridized carbons (Fsp3) is 0.625. The van der Waals surface area contributed by atoms with Crippen LogP contribution in [0.15, 0.2) is 18.2 Å². The van der Waals surface area contributed by atoms with Gasteiger partial charge in [0.15, 0.2) is 0 Å². The Morgan fingerprint density at radius 3 is 2.67 bits per heavy atom. The maximum atomic E-state index is 13.1. The predicted molar refractivity (Wildman–Crippen MR) is 77.6 cm³/mol. The Hall–Kier alpha value is -1.39. The van der Waals surface area contributed by atoms with Crippen LogP contribution in [0.4, 0.5) is 18.9 Å². The van der Waals surface area contributed by atoms with Gasteiger partial charge in [0.2, 0.25) is 0 Å². The van der Waals surface area contributed by atoms with Gasteiger partial charge in [0, 0.05) is 12.2 Å². The highest BCUT2D eigenvalue weighted by atomic mass is 19.4. The van der Waals surface area contributed by atoms with E-state index < -0.39 is 11.7 Å². The second-order valence-electron chi connectivity index (χ2n) is 5.93. The zero-order valence-corrected chi connectivity index (χ0v) is 12.5. The number of benzene rings is 1. The third-order valence-electron chi connectivity index (χ3n) is 4.16. The first kappa shape index (κ1) is 16.0. The molecule has 1 saturated carbocycles. The number of nitrogens with one attached hydrogen (secondary N) is 1. The van der Waals surface area contributed by atoms with E-state index in [0.29, 0.717) is 18.4 Å². The lowest BCUT2D eigenvalue weighted by atomic mass is 9.82. The smallest absolute Gasteiger partial charge is 0.418 e. The topological polar surface area (TPSA) is 21.3 Å². The van der Waals surface area contributed by atoms with Gasteiger partial charge in [-0.3, -0.25) is 0 Å². The number of alkyl halides is 3. The van der Waals surface area contributed by atoms with E-state index in [-0.39, 0.29) is 11.4 Å². The minimum atomic E-state index is -4.38. The van der Waals surface area contributed by atoms with E-state index in [1.807, 2.05) is 0 Å². The van der Waals surface area contributed by atoms with Crippen LogP contribution in [0.5, 0.6) is 5.75 Å². The van der Waals surface area contributed by atoms with Gasteiger partial charge in [0.1, 0.15) is 5.75 Å². The third kappa shape index (κ3) is 4.29. The molecular formula is C16H22F3NO. The number of ether oxygens (including phenoxy) is 1. The predicted octanol–water partition coefficient (Wildman–Crippen LogP) is 4.95. The first-order valence-electron chi connectivity index (χ1n) is 7.39. The van der Waals surface area contributed by atoms with Gasteiger partial charge in [-0.05, 0) is 42.9 Å². The van der Waals surface area contributed by atoms with Gasteiger partial charge in [0.05, 0.1) is 12.7 Å². The molecule has 1 fully saturated rings. The number of rotatable bonds is 4. The van der Waals surface area contributed by atoms with Crippen LogP contribution in [0.25, 0.3) is 0 Å². The molecule has 1 aromatic carbocycles. The van der Waals surface area contributed by atoms with Crippen molar-refractivity contribution < 1.29 is 17.9 Å². The normalized spacial score (nSPS) is 22.9. The minimum Gasteiger partial charge on any atom is -0.497 e. The fourth-order valence-electron chi connectivity index (χ4n) is 3.04. The molecule has 5 heteroatoms. The summed E-state index contributed by atoms with van der Waals surface area (Å²) >= 11 is 0. The summed E-state index contributed by atoms with van der Waals surface area (Å²) in [6.07, 6.45) is 0.200. The van der Waals surface area contributed by atoms with E-state index in [1.54, 1.807) is 6.07 Å². The number of anilines is 1. The summed E-state index contributed by atoms with van der Waals surface area (Å²) < 4.78 is 44.2. The van der Waals surface area contributed by atoms with Gasteiger partial charge in [-0.1, -0.05) is 19.8 Å². The highest BCUT2D eigenvalue weighted by Crippen LogP contribution is 2.37. The highest BCUT2D eigenvalue weighted by Gasteiger charge is 2.34. The van der Waals surface area contributed by atoms with E-state index >= 15 is 0 Å². The Morgan fingerprint density at radius 1 is 1.29 bits per heavy atom. The Morgan fingerprint density at radius 2 is 2.05 bits per heavy atom. The lowest BCUT2D eigenvalue weighted by molar-refractivity contribution is -0.137. The van der Waals surface area contributed by atoms with Crippen LogP contribution in [-0.4, -0.2) is 13.7 Å². The van der Waals surface area contributed by atoms with Crippen molar-refractivity contribution in [3.05, 3.63) is 23.8 Å². The van der Waals surface area contributed by atoms with Crippen molar-refractivity contribution in [1.29, 1.82) is 0 Å². The van der Waals surface area contributed by atoms with Gasteiger partial charge in [-0.15, -0.1) is 0 Å². The molecule has 0 saturated heterocycles. The van der Waals surface area contributed by atoms with Crippen LogP contribution < -0.4 is 10.1 Å². The standard InChI is InChI=1S/C16H22F3NO/c1-11-4-3-5-12(8-11)10-20-15-7-6-13(21-2)9-14(15)16(17,18)19/h6-7,9,11-12,20H,3-5,8,10H2,1-2H3. The first-order valence-corrected chi connectivity index (χ1v) is 7.39. The molecule has 0 aliphatic heterocycles. The van der Waals surface area contributed by atoms with Crippen molar-refractivity contribution in [1.82, 2.24) is 0 Å². The van der Waals surface area contributed by atoms with Crippen LogP contribution in [-0.2, 0) is 6.18 Å². The number of hydrogen-bond acceptors (Lipinski definition) is 2. The zero-order valence-electron chi connectivity index (χ0n) is 12.5. The second-order valence-corrected chi connectivity index (χ2v) is 5.93. The molecule has 2 rings (SSSR count). The zero-order chi connectivity index (χ0) is 15.5. The molecule has 0 amide bonds. The molecule has 2 unspecified atom stereocenters. The van der Waals surface area contributed by atoms with Gasteiger partial charge in [0.25, 0.3) is 0 Å². The van der Waals surface area contributed by atoms with Crippen molar-refractivity contribution in [2.75, 3.05) is 19.0 Å². The Bertz CT molecular complexity index is 473. The molecule has 118 valence electrons. The number of hydrogen-bond donors (Lipinski definition) is 1. The molecule has 2 nitrogen and oxygen atoms in total. The average molecular weight is 301 g/mol. The summed E-state index contributed by atoms with van der Waals surface area (Å²) in [5, 5.41) is 2.99. The van der Waals surface area contributed by atoms with E-state index in [0.717, 1.165) is 18.9 Å². The molecule has 1 N–H and O–H groups in total. The van der Waals surface area contributed by atoms with Gasteiger partial charge in [-0.25, -0.2) is 0 Å². The quantitative estimate of drug-likeness (QED) is 0.849. The highest BCUT2D eigenvalue weighted by molar-refractivity contribution is 5.55. The first-order chi connectivity index (χ1) is 9.90. The summed E-state index contributed by atoms with van der Waals surface area (Å²) in [7, 11) is 1.37. The molecule has 0 aromatic heterocycles. The van der Waals surface area contributed by atoms with E-state index in [4.69, 9.17) is 4.74 Å². The molecule has 21 heavy (non-hydrogen) atoms. The molecule has 1 aliphatic rings. The fourth-order valence-corrected chi connectivity index (χ4v) is 3.04. The molecule has 2 atom stereocenters. The molecule has 0 radical (unpaired) electrons. The lowest BCUT2D eigenvalue weighted by Gasteiger charge is -2.27. The van der Waals surface area contributed by atoms with Gasteiger partial charge in [-0.2, -0.15) is 13.2 Å². The molecule has 1 aromatic rings. The lowest BCUT2D eigenvalue weighted by Crippen LogP contribution is -2.22. The van der Waals surface area contributed by atoms with Crippen molar-refractivity contribution in [2.45, 2.75) is 38.8 Å². The average Bonchev–Trinajstić information content (AvgIpc) is 2.44. The summed E-state index contributed by atoms with van der Waals surface area (Å²) in [6, 6.07) is 4.06. The third-order valence-corrected chi connectivity index (χ3v) is 4.16. The van der Waals surface area contributed by atoms with Gasteiger partial charge >= 0.3 is 6.18 Å². The molecule has 0 bridgehead atoms. The molecule has 1 aliphatic carbocycles. The minimum absolute atomic E-state index is 0.140. The SMILES string of the molecule is COc1ccc(NCC2CCCC(C)C2)c(C(F)(F)F)c1. The van der Waals surface area contributed by atoms with Crippen molar-refractivity contribution >= 4 is 5.69 Å². The summed E-state index contributed by atoms with van der Waals surface area (Å²) in [6.45, 7) is 2.81. The van der Waals surface area contributed by atoms with Crippen LogP contribution in [0.3, 0.4) is 0 Å². The number of halogens is 3. The molecule has 0 heterocycles. The Kier molecular flexibility index (Phi) is 5.01. The Labute approximate surface area is 123 Å². The summed E-state index contributed by atoms with van der Waals surface area (Å²) in [5.74, 6) is 1.35. The number of methoxy groups -OCH3 is 1. The van der Waals surface area contributed by atoms with Gasteiger partial charge < -0.3 is 10.1 Å². The van der Waals surface area contributed by atoms with Crippen LogP contribution >= 0.6 is 0 Å². The maximum absolute atomic E-state index is 13.1. The van der Waals surface area contributed by atoms with Crippen molar-refractivity contribution in [3.8, 4) is 5.75 Å². The molecular weight excluding hydrogens is 279 g/mol. The monoisotopic (exact) mass is 301 g/mol.